The zero-order valence-electron chi connectivity index (χ0n) is 15.3. The summed E-state index contributed by atoms with van der Waals surface area (Å²) in [6.07, 6.45) is 0.218. The molecule has 2 aromatic rings. The summed E-state index contributed by atoms with van der Waals surface area (Å²) >= 11 is 1.61. The molecular formula is C20H23NO4S. The van der Waals surface area contributed by atoms with Gasteiger partial charge in [0.05, 0.1) is 6.54 Å². The van der Waals surface area contributed by atoms with E-state index in [0.29, 0.717) is 18.9 Å². The Morgan fingerprint density at radius 2 is 1.92 bits per heavy atom. The van der Waals surface area contributed by atoms with Gasteiger partial charge < -0.3 is 14.4 Å². The molecule has 0 saturated heterocycles. The Labute approximate surface area is 157 Å². The van der Waals surface area contributed by atoms with Crippen LogP contribution in [-0.4, -0.2) is 42.9 Å². The van der Waals surface area contributed by atoms with Gasteiger partial charge >= 0.3 is 0 Å². The standard InChI is InChI=1S/C20H23NO4S/c1-13-10-16(14(2)26-13)17(22)8-9-20(23)21(3)11-15-12-24-18-6-4-5-7-19(18)25-15/h4-7,10,15H,8-9,11-12H2,1-3H3/t15-/m1/s1. The number of para-hydroxylation sites is 2. The first-order chi connectivity index (χ1) is 12.4. The lowest BCUT2D eigenvalue weighted by molar-refractivity contribution is -0.131. The van der Waals surface area contributed by atoms with Gasteiger partial charge in [0.1, 0.15) is 6.61 Å². The molecule has 0 fully saturated rings. The van der Waals surface area contributed by atoms with E-state index >= 15 is 0 Å². The number of ether oxygens (including phenoxy) is 2. The number of hydrogen-bond acceptors (Lipinski definition) is 5. The van der Waals surface area contributed by atoms with E-state index in [9.17, 15) is 9.59 Å². The molecule has 0 saturated carbocycles. The van der Waals surface area contributed by atoms with E-state index in [1.165, 1.54) is 0 Å². The Kier molecular flexibility index (Phi) is 5.61. The molecule has 3 rings (SSSR count). The van der Waals surface area contributed by atoms with Gasteiger partial charge in [0, 0.05) is 35.2 Å². The third kappa shape index (κ3) is 4.25. The molecule has 0 bridgehead atoms. The molecular weight excluding hydrogens is 350 g/mol. The maximum absolute atomic E-state index is 12.4. The largest absolute Gasteiger partial charge is 0.486 e. The maximum Gasteiger partial charge on any atom is 0.222 e. The first-order valence-electron chi connectivity index (χ1n) is 8.66. The van der Waals surface area contributed by atoms with E-state index < -0.39 is 0 Å². The van der Waals surface area contributed by atoms with Crippen molar-refractivity contribution in [3.8, 4) is 11.5 Å². The van der Waals surface area contributed by atoms with Gasteiger partial charge in [0.2, 0.25) is 5.91 Å². The first-order valence-corrected chi connectivity index (χ1v) is 9.48. The van der Waals surface area contributed by atoms with Crippen LogP contribution in [0.15, 0.2) is 30.3 Å². The zero-order valence-corrected chi connectivity index (χ0v) is 16.1. The van der Waals surface area contributed by atoms with Crippen LogP contribution in [0.25, 0.3) is 0 Å². The minimum atomic E-state index is -0.212. The van der Waals surface area contributed by atoms with Crippen molar-refractivity contribution in [2.75, 3.05) is 20.2 Å². The molecule has 26 heavy (non-hydrogen) atoms. The minimum Gasteiger partial charge on any atom is -0.486 e. The van der Waals surface area contributed by atoms with Crippen molar-refractivity contribution in [2.24, 2.45) is 0 Å². The highest BCUT2D eigenvalue weighted by atomic mass is 32.1. The number of likely N-dealkylation sites (N-methyl/N-ethyl adjacent to an activating group) is 1. The lowest BCUT2D eigenvalue weighted by atomic mass is 10.1. The third-order valence-electron chi connectivity index (χ3n) is 4.38. The predicted octanol–water partition coefficient (Wildman–Crippen LogP) is 3.63. The van der Waals surface area contributed by atoms with Crippen LogP contribution in [0.5, 0.6) is 11.5 Å². The Morgan fingerprint density at radius 3 is 2.62 bits per heavy atom. The fraction of sp³-hybridized carbons (Fsp3) is 0.400. The first kappa shape index (κ1) is 18.5. The third-order valence-corrected chi connectivity index (χ3v) is 5.34. The molecule has 5 nitrogen and oxygen atoms in total. The molecule has 6 heteroatoms. The number of amides is 1. The normalized spacial score (nSPS) is 15.6. The van der Waals surface area contributed by atoms with Crippen molar-refractivity contribution in [3.05, 3.63) is 45.6 Å². The van der Waals surface area contributed by atoms with Gasteiger partial charge in [0.15, 0.2) is 23.4 Å². The molecule has 1 amide bonds. The number of Topliss-reactive ketones (excluding diaryl/α,β-unsaturated/α-hetero) is 1. The van der Waals surface area contributed by atoms with Crippen LogP contribution in [-0.2, 0) is 4.79 Å². The average Bonchev–Trinajstić information content (AvgIpc) is 2.97. The summed E-state index contributed by atoms with van der Waals surface area (Å²) in [6, 6.07) is 9.40. The quantitative estimate of drug-likeness (QED) is 0.726. The summed E-state index contributed by atoms with van der Waals surface area (Å²) in [5.41, 5.74) is 0.739. The molecule has 0 radical (unpaired) electrons. The van der Waals surface area contributed by atoms with Crippen molar-refractivity contribution in [2.45, 2.75) is 32.8 Å². The van der Waals surface area contributed by atoms with Crippen LogP contribution in [0.3, 0.4) is 0 Å². The number of aryl methyl sites for hydroxylation is 2. The second-order valence-corrected chi connectivity index (χ2v) is 7.98. The minimum absolute atomic E-state index is 0.0276. The van der Waals surface area contributed by atoms with Crippen molar-refractivity contribution in [1.29, 1.82) is 0 Å². The second-order valence-electron chi connectivity index (χ2n) is 6.52. The maximum atomic E-state index is 12.4. The highest BCUT2D eigenvalue weighted by Crippen LogP contribution is 2.31. The van der Waals surface area contributed by atoms with Gasteiger partial charge in [-0.1, -0.05) is 12.1 Å². The number of benzene rings is 1. The summed E-state index contributed by atoms with van der Waals surface area (Å²) in [4.78, 5) is 28.4. The molecule has 1 aliphatic heterocycles. The number of rotatable bonds is 6. The monoisotopic (exact) mass is 373 g/mol. The van der Waals surface area contributed by atoms with E-state index in [4.69, 9.17) is 9.47 Å². The number of carbonyl (C=O) groups is 2. The number of fused-ring (bicyclic) bond motifs is 1. The van der Waals surface area contributed by atoms with Crippen LogP contribution < -0.4 is 9.47 Å². The fourth-order valence-corrected chi connectivity index (χ4v) is 3.96. The molecule has 1 atom stereocenters. The van der Waals surface area contributed by atoms with Crippen molar-refractivity contribution in [1.82, 2.24) is 4.90 Å². The van der Waals surface area contributed by atoms with Gasteiger partial charge in [-0.2, -0.15) is 0 Å². The summed E-state index contributed by atoms with van der Waals surface area (Å²) in [5, 5.41) is 0. The summed E-state index contributed by atoms with van der Waals surface area (Å²) in [5.74, 6) is 1.39. The summed E-state index contributed by atoms with van der Waals surface area (Å²) in [7, 11) is 1.73. The topological polar surface area (TPSA) is 55.8 Å². The number of carbonyl (C=O) groups excluding carboxylic acids is 2. The van der Waals surface area contributed by atoms with Gasteiger partial charge in [-0.15, -0.1) is 11.3 Å². The van der Waals surface area contributed by atoms with E-state index in [1.54, 1.807) is 23.3 Å². The molecule has 0 unspecified atom stereocenters. The number of thiophene rings is 1. The molecule has 0 N–H and O–H groups in total. The molecule has 2 heterocycles. The SMILES string of the molecule is Cc1cc(C(=O)CCC(=O)N(C)C[C@@H]2COc3ccccc3O2)c(C)s1. The highest BCUT2D eigenvalue weighted by molar-refractivity contribution is 7.12. The summed E-state index contributed by atoms with van der Waals surface area (Å²) in [6.45, 7) is 4.76. The Bertz CT molecular complexity index is 814. The van der Waals surface area contributed by atoms with Crippen LogP contribution in [0.2, 0.25) is 0 Å². The van der Waals surface area contributed by atoms with E-state index in [2.05, 4.69) is 0 Å². The lowest BCUT2D eigenvalue weighted by Crippen LogP contribution is -2.41. The van der Waals surface area contributed by atoms with Gasteiger partial charge in [-0.25, -0.2) is 0 Å². The van der Waals surface area contributed by atoms with E-state index in [-0.39, 0.29) is 30.6 Å². The van der Waals surface area contributed by atoms with Crippen LogP contribution in [0.1, 0.15) is 33.0 Å². The van der Waals surface area contributed by atoms with Gasteiger partial charge in [0.25, 0.3) is 0 Å². The highest BCUT2D eigenvalue weighted by Gasteiger charge is 2.24. The van der Waals surface area contributed by atoms with Crippen molar-refractivity contribution in [3.63, 3.8) is 0 Å². The van der Waals surface area contributed by atoms with Crippen LogP contribution in [0, 0.1) is 13.8 Å². The zero-order chi connectivity index (χ0) is 18.7. The molecule has 0 aliphatic carbocycles. The molecule has 1 aliphatic rings. The molecule has 1 aromatic carbocycles. The Hall–Kier alpha value is -2.34. The smallest absolute Gasteiger partial charge is 0.222 e. The van der Waals surface area contributed by atoms with E-state index in [0.717, 1.165) is 21.1 Å². The van der Waals surface area contributed by atoms with Crippen molar-refractivity contribution < 1.29 is 19.1 Å². The fourth-order valence-electron chi connectivity index (χ4n) is 3.01. The van der Waals surface area contributed by atoms with Gasteiger partial charge in [-0.3, -0.25) is 9.59 Å². The molecule has 138 valence electrons. The van der Waals surface area contributed by atoms with E-state index in [1.807, 2.05) is 44.2 Å². The number of nitrogens with zero attached hydrogens (tertiary/aromatic N) is 1. The Balaban J connectivity index is 1.49. The molecule has 1 aromatic heterocycles. The number of hydrogen-bond donors (Lipinski definition) is 0. The molecule has 0 spiro atoms. The van der Waals surface area contributed by atoms with Crippen LogP contribution >= 0.6 is 11.3 Å². The Morgan fingerprint density at radius 1 is 1.19 bits per heavy atom. The average molecular weight is 373 g/mol. The van der Waals surface area contributed by atoms with Gasteiger partial charge in [-0.05, 0) is 32.0 Å². The summed E-state index contributed by atoms with van der Waals surface area (Å²) < 4.78 is 11.6. The predicted molar refractivity (Wildman–Crippen MR) is 101 cm³/mol. The van der Waals surface area contributed by atoms with Crippen molar-refractivity contribution >= 4 is 23.0 Å². The number of ketones is 1. The lowest BCUT2D eigenvalue weighted by Gasteiger charge is -2.29. The van der Waals surface area contributed by atoms with Crippen LogP contribution in [0.4, 0.5) is 0 Å². The second kappa shape index (κ2) is 7.91.